The van der Waals surface area contributed by atoms with Gasteiger partial charge in [-0.2, -0.15) is 0 Å². The summed E-state index contributed by atoms with van der Waals surface area (Å²) < 4.78 is 18.9. The number of rotatable bonds is 5. The Bertz CT molecular complexity index is 504. The Kier molecular flexibility index (Phi) is 6.46. The number of aliphatic imine (C=N–C) groups is 1. The van der Waals surface area contributed by atoms with Gasteiger partial charge in [-0.25, -0.2) is 4.39 Å². The van der Waals surface area contributed by atoms with E-state index in [2.05, 4.69) is 15.2 Å². The van der Waals surface area contributed by atoms with Gasteiger partial charge in [0.1, 0.15) is 5.82 Å². The number of benzene rings is 1. The Morgan fingerprint density at radius 3 is 3.05 bits per heavy atom. The summed E-state index contributed by atoms with van der Waals surface area (Å²) in [7, 11) is 3.50. The third-order valence-corrected chi connectivity index (χ3v) is 4.27. The van der Waals surface area contributed by atoms with Gasteiger partial charge in [-0.15, -0.1) is 0 Å². The second kappa shape index (κ2) is 8.34. The summed E-state index contributed by atoms with van der Waals surface area (Å²) in [5.41, 5.74) is 0.547. The highest BCUT2D eigenvalue weighted by molar-refractivity contribution is 6.31. The summed E-state index contributed by atoms with van der Waals surface area (Å²) in [6.07, 6.45) is 1.63. The van der Waals surface area contributed by atoms with Crippen molar-refractivity contribution in [1.29, 1.82) is 0 Å². The predicted octanol–water partition coefficient (Wildman–Crippen LogP) is 2.57. The molecule has 22 heavy (non-hydrogen) atoms. The largest absolute Gasteiger partial charge is 0.384 e. The normalized spacial score (nSPS) is 18.8. The van der Waals surface area contributed by atoms with Crippen LogP contribution in [0.1, 0.15) is 12.0 Å². The molecular formula is C16H23ClFN3O. The molecule has 4 nitrogen and oxygen atoms in total. The zero-order valence-electron chi connectivity index (χ0n) is 13.1. The van der Waals surface area contributed by atoms with Crippen LogP contribution in [0.5, 0.6) is 0 Å². The second-order valence-electron chi connectivity index (χ2n) is 5.48. The molecule has 1 aliphatic heterocycles. The van der Waals surface area contributed by atoms with Crippen LogP contribution in [0.3, 0.4) is 0 Å². The Morgan fingerprint density at radius 1 is 1.55 bits per heavy atom. The zero-order valence-corrected chi connectivity index (χ0v) is 13.9. The molecule has 1 atom stereocenters. The van der Waals surface area contributed by atoms with Gasteiger partial charge in [-0.1, -0.05) is 17.7 Å². The lowest BCUT2D eigenvalue weighted by Gasteiger charge is -2.21. The molecule has 0 saturated carbocycles. The number of nitrogens with zero attached hydrogens (tertiary/aromatic N) is 2. The van der Waals surface area contributed by atoms with E-state index in [-0.39, 0.29) is 5.82 Å². The van der Waals surface area contributed by atoms with Gasteiger partial charge in [-0.3, -0.25) is 4.99 Å². The van der Waals surface area contributed by atoms with E-state index in [0.29, 0.717) is 29.5 Å². The fourth-order valence-corrected chi connectivity index (χ4v) is 3.06. The van der Waals surface area contributed by atoms with E-state index in [1.54, 1.807) is 26.3 Å². The van der Waals surface area contributed by atoms with E-state index in [1.807, 2.05) is 0 Å². The summed E-state index contributed by atoms with van der Waals surface area (Å²) in [5.74, 6) is 1.14. The minimum Gasteiger partial charge on any atom is -0.384 e. The molecule has 1 aromatic rings. The fraction of sp³-hybridized carbons (Fsp3) is 0.562. The van der Waals surface area contributed by atoms with Gasteiger partial charge in [0.15, 0.2) is 5.96 Å². The maximum absolute atomic E-state index is 13.7. The average Bonchev–Trinajstić information content (AvgIpc) is 2.95. The molecule has 0 radical (unpaired) electrons. The number of hydrogen-bond donors (Lipinski definition) is 1. The maximum Gasteiger partial charge on any atom is 0.193 e. The molecule has 1 fully saturated rings. The van der Waals surface area contributed by atoms with Gasteiger partial charge in [0.25, 0.3) is 0 Å². The Hall–Kier alpha value is -1.33. The van der Waals surface area contributed by atoms with Gasteiger partial charge in [0, 0.05) is 50.3 Å². The van der Waals surface area contributed by atoms with E-state index in [9.17, 15) is 4.39 Å². The number of likely N-dealkylation sites (tertiary alicyclic amines) is 1. The highest BCUT2D eigenvalue weighted by atomic mass is 35.5. The minimum atomic E-state index is -0.259. The van der Waals surface area contributed by atoms with Crippen LogP contribution in [0, 0.1) is 11.7 Å². The first-order chi connectivity index (χ1) is 10.7. The summed E-state index contributed by atoms with van der Waals surface area (Å²) in [4.78, 5) is 6.52. The highest BCUT2D eigenvalue weighted by Crippen LogP contribution is 2.19. The Labute approximate surface area is 136 Å². The smallest absolute Gasteiger partial charge is 0.193 e. The average molecular weight is 328 g/mol. The van der Waals surface area contributed by atoms with Crippen molar-refractivity contribution in [2.24, 2.45) is 10.9 Å². The molecule has 2 rings (SSSR count). The molecule has 122 valence electrons. The van der Waals surface area contributed by atoms with Crippen LogP contribution in [0.15, 0.2) is 23.2 Å². The van der Waals surface area contributed by atoms with Gasteiger partial charge in [0.2, 0.25) is 0 Å². The second-order valence-corrected chi connectivity index (χ2v) is 5.89. The molecule has 1 aromatic carbocycles. The van der Waals surface area contributed by atoms with Crippen molar-refractivity contribution < 1.29 is 9.13 Å². The zero-order chi connectivity index (χ0) is 15.9. The number of hydrogen-bond acceptors (Lipinski definition) is 2. The van der Waals surface area contributed by atoms with Gasteiger partial charge in [0.05, 0.1) is 6.61 Å². The topological polar surface area (TPSA) is 36.9 Å². The van der Waals surface area contributed by atoms with Crippen LogP contribution in [-0.2, 0) is 11.2 Å². The van der Waals surface area contributed by atoms with Crippen molar-refractivity contribution in [1.82, 2.24) is 10.2 Å². The van der Waals surface area contributed by atoms with Gasteiger partial charge >= 0.3 is 0 Å². The summed E-state index contributed by atoms with van der Waals surface area (Å²) in [6.45, 7) is 3.28. The molecule has 1 N–H and O–H groups in total. The number of methoxy groups -OCH3 is 1. The molecule has 0 aromatic heterocycles. The van der Waals surface area contributed by atoms with Crippen LogP contribution < -0.4 is 5.32 Å². The number of guanidine groups is 1. The SMILES string of the molecule is CN=C(NCCc1c(F)cccc1Cl)N1CCC(COC)C1. The van der Waals surface area contributed by atoms with E-state index in [1.165, 1.54) is 6.07 Å². The summed E-state index contributed by atoms with van der Waals surface area (Å²) in [6, 6.07) is 4.77. The molecule has 1 aliphatic rings. The minimum absolute atomic E-state index is 0.259. The van der Waals surface area contributed by atoms with Crippen LogP contribution in [0.4, 0.5) is 4.39 Å². The van der Waals surface area contributed by atoms with E-state index in [4.69, 9.17) is 16.3 Å². The lowest BCUT2D eigenvalue weighted by atomic mass is 10.1. The van der Waals surface area contributed by atoms with Crippen LogP contribution in [0.25, 0.3) is 0 Å². The summed E-state index contributed by atoms with van der Waals surface area (Å²) >= 11 is 6.04. The van der Waals surface area contributed by atoms with E-state index >= 15 is 0 Å². The fourth-order valence-electron chi connectivity index (χ4n) is 2.80. The predicted molar refractivity (Wildman–Crippen MR) is 88.0 cm³/mol. The molecule has 0 aliphatic carbocycles. The Balaban J connectivity index is 1.85. The first-order valence-electron chi connectivity index (χ1n) is 7.53. The standard InChI is InChI=1S/C16H23ClFN3O/c1-19-16(21-9-7-12(10-21)11-22-2)20-8-6-13-14(17)4-3-5-15(13)18/h3-5,12H,6-11H2,1-2H3,(H,19,20). The van der Waals surface area contributed by atoms with Crippen molar-refractivity contribution in [3.8, 4) is 0 Å². The lowest BCUT2D eigenvalue weighted by Crippen LogP contribution is -2.41. The molecule has 0 spiro atoms. The van der Waals surface area contributed by atoms with Gasteiger partial charge < -0.3 is 15.0 Å². The van der Waals surface area contributed by atoms with Gasteiger partial charge in [-0.05, 0) is 25.0 Å². The third kappa shape index (κ3) is 4.34. The van der Waals surface area contributed by atoms with Crippen LogP contribution >= 0.6 is 11.6 Å². The first kappa shape index (κ1) is 17.0. The Morgan fingerprint density at radius 2 is 2.36 bits per heavy atom. The lowest BCUT2D eigenvalue weighted by molar-refractivity contribution is 0.157. The first-order valence-corrected chi connectivity index (χ1v) is 7.91. The van der Waals surface area contributed by atoms with Crippen molar-refractivity contribution in [3.05, 3.63) is 34.6 Å². The molecule has 0 amide bonds. The molecule has 0 bridgehead atoms. The third-order valence-electron chi connectivity index (χ3n) is 3.92. The van der Waals surface area contributed by atoms with Crippen molar-refractivity contribution in [2.45, 2.75) is 12.8 Å². The highest BCUT2D eigenvalue weighted by Gasteiger charge is 2.24. The maximum atomic E-state index is 13.7. The van der Waals surface area contributed by atoms with Crippen LogP contribution in [-0.4, -0.2) is 51.3 Å². The molecule has 6 heteroatoms. The number of nitrogens with one attached hydrogen (secondary N) is 1. The number of halogens is 2. The van der Waals surface area contributed by atoms with Crippen molar-refractivity contribution >= 4 is 17.6 Å². The molecule has 1 heterocycles. The van der Waals surface area contributed by atoms with Crippen molar-refractivity contribution in [3.63, 3.8) is 0 Å². The van der Waals surface area contributed by atoms with Crippen LogP contribution in [0.2, 0.25) is 5.02 Å². The quantitative estimate of drug-likeness (QED) is 0.667. The van der Waals surface area contributed by atoms with E-state index in [0.717, 1.165) is 32.1 Å². The molecular weight excluding hydrogens is 305 g/mol. The van der Waals surface area contributed by atoms with Crippen molar-refractivity contribution in [2.75, 3.05) is 40.4 Å². The monoisotopic (exact) mass is 327 g/mol. The summed E-state index contributed by atoms with van der Waals surface area (Å²) in [5, 5.41) is 3.76. The molecule has 1 unspecified atom stereocenters. The molecule has 1 saturated heterocycles. The number of ether oxygens (including phenoxy) is 1. The van der Waals surface area contributed by atoms with E-state index < -0.39 is 0 Å².